The van der Waals surface area contributed by atoms with Gasteiger partial charge >= 0.3 is 0 Å². The average Bonchev–Trinajstić information content (AvgIpc) is 2.60. The van der Waals surface area contributed by atoms with Gasteiger partial charge in [-0.05, 0) is 61.1 Å². The summed E-state index contributed by atoms with van der Waals surface area (Å²) < 4.78 is 0. The maximum atomic E-state index is 12.5. The standard InChI is InChI=1S/C21H22N2O2/c1-13(2)15-9-8-14(3)19(11-15)22-23-21(25)18-10-16-6-4-5-7-17(16)12-20(18)24/h4-8,10,12,15,24H,1,9,11H2,2-3H3,(H,23,25). The van der Waals surface area contributed by atoms with E-state index in [-0.39, 0.29) is 11.3 Å². The van der Waals surface area contributed by atoms with E-state index in [2.05, 4.69) is 23.2 Å². The van der Waals surface area contributed by atoms with Gasteiger partial charge in [0.2, 0.25) is 0 Å². The molecule has 2 N–H and O–H groups in total. The van der Waals surface area contributed by atoms with Gasteiger partial charge in [0.05, 0.1) is 11.3 Å². The number of carbonyl (C=O) groups excluding carboxylic acids is 1. The zero-order valence-electron chi connectivity index (χ0n) is 14.5. The van der Waals surface area contributed by atoms with Crippen molar-refractivity contribution in [2.75, 3.05) is 0 Å². The Hall–Kier alpha value is -2.88. The van der Waals surface area contributed by atoms with Crippen LogP contribution < -0.4 is 5.43 Å². The highest BCUT2D eigenvalue weighted by atomic mass is 16.3. The minimum absolute atomic E-state index is 0.0490. The first kappa shape index (κ1) is 17.0. The SMILES string of the molecule is C=C(C)C1CC=C(C)C(=NNC(=O)c2cc3ccccc3cc2O)C1. The van der Waals surface area contributed by atoms with Crippen molar-refractivity contribution < 1.29 is 9.90 Å². The molecular formula is C21H22N2O2. The molecule has 1 unspecified atom stereocenters. The first-order valence-electron chi connectivity index (χ1n) is 8.37. The molecule has 0 saturated heterocycles. The van der Waals surface area contributed by atoms with Crippen LogP contribution in [0.25, 0.3) is 10.8 Å². The molecule has 0 aliphatic heterocycles. The maximum absolute atomic E-state index is 12.5. The van der Waals surface area contributed by atoms with E-state index in [1.54, 1.807) is 12.1 Å². The molecule has 1 atom stereocenters. The number of aromatic hydroxyl groups is 1. The normalized spacial score (nSPS) is 18.9. The Labute approximate surface area is 147 Å². The fourth-order valence-corrected chi connectivity index (χ4v) is 3.01. The number of hydrogen-bond donors (Lipinski definition) is 2. The van der Waals surface area contributed by atoms with E-state index in [1.807, 2.05) is 38.1 Å². The van der Waals surface area contributed by atoms with E-state index in [1.165, 1.54) is 0 Å². The van der Waals surface area contributed by atoms with Crippen LogP contribution in [-0.2, 0) is 0 Å². The quantitative estimate of drug-likeness (QED) is 0.638. The van der Waals surface area contributed by atoms with Gasteiger partial charge in [-0.25, -0.2) is 5.43 Å². The fraction of sp³-hybridized carbons (Fsp3) is 0.238. The number of hydrazone groups is 1. The van der Waals surface area contributed by atoms with E-state index in [0.29, 0.717) is 5.92 Å². The second kappa shape index (κ2) is 6.93. The third-order valence-electron chi connectivity index (χ3n) is 4.70. The Morgan fingerprint density at radius 1 is 1.28 bits per heavy atom. The van der Waals surface area contributed by atoms with Gasteiger partial charge in [0.1, 0.15) is 5.75 Å². The Kier molecular flexibility index (Phi) is 4.70. The number of benzene rings is 2. The minimum Gasteiger partial charge on any atom is -0.507 e. The van der Waals surface area contributed by atoms with Crippen LogP contribution >= 0.6 is 0 Å². The van der Waals surface area contributed by atoms with Crippen molar-refractivity contribution in [3.05, 3.63) is 65.8 Å². The molecule has 128 valence electrons. The minimum atomic E-state index is -0.416. The van der Waals surface area contributed by atoms with Gasteiger partial charge in [0.25, 0.3) is 5.91 Å². The number of amides is 1. The van der Waals surface area contributed by atoms with Crippen molar-refractivity contribution in [2.24, 2.45) is 11.0 Å². The summed E-state index contributed by atoms with van der Waals surface area (Å²) in [6, 6.07) is 10.9. The summed E-state index contributed by atoms with van der Waals surface area (Å²) in [6.45, 7) is 8.03. The number of fused-ring (bicyclic) bond motifs is 1. The van der Waals surface area contributed by atoms with Gasteiger partial charge in [-0.3, -0.25) is 4.79 Å². The summed E-state index contributed by atoms with van der Waals surface area (Å²) >= 11 is 0. The summed E-state index contributed by atoms with van der Waals surface area (Å²) in [7, 11) is 0. The van der Waals surface area contributed by atoms with Crippen LogP contribution in [0.15, 0.2) is 65.3 Å². The van der Waals surface area contributed by atoms with E-state index in [9.17, 15) is 9.90 Å². The number of phenolic OH excluding ortho intramolecular Hbond substituents is 1. The predicted molar refractivity (Wildman–Crippen MR) is 102 cm³/mol. The van der Waals surface area contributed by atoms with Gasteiger partial charge in [-0.1, -0.05) is 42.5 Å². The molecule has 0 bridgehead atoms. The van der Waals surface area contributed by atoms with Crippen molar-refractivity contribution in [1.82, 2.24) is 5.43 Å². The lowest BCUT2D eigenvalue weighted by Crippen LogP contribution is -2.23. The number of carbonyl (C=O) groups is 1. The van der Waals surface area contributed by atoms with Crippen LogP contribution in [0.5, 0.6) is 5.75 Å². The van der Waals surface area contributed by atoms with Crippen LogP contribution in [-0.4, -0.2) is 16.7 Å². The summed E-state index contributed by atoms with van der Waals surface area (Å²) in [5, 5.41) is 16.2. The molecule has 0 heterocycles. The van der Waals surface area contributed by atoms with E-state index >= 15 is 0 Å². The van der Waals surface area contributed by atoms with Crippen LogP contribution in [0, 0.1) is 5.92 Å². The highest BCUT2D eigenvalue weighted by Gasteiger charge is 2.19. The molecule has 0 saturated carbocycles. The van der Waals surface area contributed by atoms with Crippen molar-refractivity contribution >= 4 is 22.4 Å². The number of allylic oxidation sites excluding steroid dienone is 3. The topological polar surface area (TPSA) is 61.7 Å². The molecular weight excluding hydrogens is 312 g/mol. The Balaban J connectivity index is 1.82. The van der Waals surface area contributed by atoms with Crippen molar-refractivity contribution in [2.45, 2.75) is 26.7 Å². The Morgan fingerprint density at radius 3 is 2.64 bits per heavy atom. The number of nitrogens with zero attached hydrogens (tertiary/aromatic N) is 1. The highest BCUT2D eigenvalue weighted by molar-refractivity contribution is 6.04. The van der Waals surface area contributed by atoms with E-state index < -0.39 is 5.91 Å². The molecule has 25 heavy (non-hydrogen) atoms. The molecule has 2 aromatic carbocycles. The zero-order valence-corrected chi connectivity index (χ0v) is 14.5. The predicted octanol–water partition coefficient (Wildman–Crippen LogP) is 4.56. The molecule has 4 heteroatoms. The van der Waals surface area contributed by atoms with Crippen LogP contribution in [0.3, 0.4) is 0 Å². The summed E-state index contributed by atoms with van der Waals surface area (Å²) in [4.78, 5) is 12.5. The monoisotopic (exact) mass is 334 g/mol. The molecule has 1 amide bonds. The van der Waals surface area contributed by atoms with Crippen LogP contribution in [0.2, 0.25) is 0 Å². The van der Waals surface area contributed by atoms with Crippen molar-refractivity contribution in [1.29, 1.82) is 0 Å². The van der Waals surface area contributed by atoms with E-state index in [4.69, 9.17) is 0 Å². The first-order valence-corrected chi connectivity index (χ1v) is 8.37. The van der Waals surface area contributed by atoms with Gasteiger partial charge in [0, 0.05) is 0 Å². The van der Waals surface area contributed by atoms with Gasteiger partial charge in [-0.2, -0.15) is 5.10 Å². The summed E-state index contributed by atoms with van der Waals surface area (Å²) in [5.74, 6) is -0.110. The molecule has 0 aromatic heterocycles. The number of phenols is 1. The summed E-state index contributed by atoms with van der Waals surface area (Å²) in [6.07, 6.45) is 3.85. The fourth-order valence-electron chi connectivity index (χ4n) is 3.01. The molecule has 4 nitrogen and oxygen atoms in total. The molecule has 1 aliphatic carbocycles. The highest BCUT2D eigenvalue weighted by Crippen LogP contribution is 2.27. The van der Waals surface area contributed by atoms with Gasteiger partial charge in [-0.15, -0.1) is 0 Å². The molecule has 2 aromatic rings. The lowest BCUT2D eigenvalue weighted by molar-refractivity contribution is 0.0952. The second-order valence-electron chi connectivity index (χ2n) is 6.59. The molecule has 3 rings (SSSR count). The Morgan fingerprint density at radius 2 is 1.96 bits per heavy atom. The smallest absolute Gasteiger partial charge is 0.275 e. The van der Waals surface area contributed by atoms with Crippen molar-refractivity contribution in [3.8, 4) is 5.75 Å². The number of hydrogen-bond acceptors (Lipinski definition) is 3. The van der Waals surface area contributed by atoms with Crippen LogP contribution in [0.1, 0.15) is 37.0 Å². The zero-order chi connectivity index (χ0) is 18.0. The summed E-state index contributed by atoms with van der Waals surface area (Å²) in [5.41, 5.74) is 5.85. The molecule has 0 spiro atoms. The Bertz CT molecular complexity index is 909. The lowest BCUT2D eigenvalue weighted by atomic mass is 9.85. The lowest BCUT2D eigenvalue weighted by Gasteiger charge is -2.22. The largest absolute Gasteiger partial charge is 0.507 e. The van der Waals surface area contributed by atoms with Crippen molar-refractivity contribution in [3.63, 3.8) is 0 Å². The first-order chi connectivity index (χ1) is 12.0. The molecule has 1 aliphatic rings. The van der Waals surface area contributed by atoms with Crippen LogP contribution in [0.4, 0.5) is 0 Å². The molecule has 0 radical (unpaired) electrons. The maximum Gasteiger partial charge on any atom is 0.275 e. The third kappa shape index (κ3) is 3.63. The average molecular weight is 334 g/mol. The molecule has 0 fully saturated rings. The number of rotatable bonds is 3. The third-order valence-corrected chi connectivity index (χ3v) is 4.70. The second-order valence-corrected chi connectivity index (χ2v) is 6.59. The number of nitrogens with one attached hydrogen (secondary N) is 1. The van der Waals surface area contributed by atoms with Gasteiger partial charge < -0.3 is 5.11 Å². The van der Waals surface area contributed by atoms with Gasteiger partial charge in [0.15, 0.2) is 0 Å². The van der Waals surface area contributed by atoms with E-state index in [0.717, 1.165) is 40.5 Å².